The van der Waals surface area contributed by atoms with Crippen LogP contribution in [0.2, 0.25) is 0 Å². The van der Waals surface area contributed by atoms with Crippen molar-refractivity contribution in [3.63, 3.8) is 0 Å². The van der Waals surface area contributed by atoms with Crippen LogP contribution in [0.1, 0.15) is 5.69 Å². The van der Waals surface area contributed by atoms with Crippen LogP contribution in [0.3, 0.4) is 0 Å². The molecule has 0 aliphatic carbocycles. The van der Waals surface area contributed by atoms with Gasteiger partial charge in [-0.25, -0.2) is 0 Å². The van der Waals surface area contributed by atoms with Gasteiger partial charge in [0.05, 0.1) is 6.42 Å². The number of hydrogen-bond acceptors (Lipinski definition) is 2. The lowest BCUT2D eigenvalue weighted by Gasteiger charge is -1.92. The predicted octanol–water partition coefficient (Wildman–Crippen LogP) is -0.0904. The second-order valence-corrected chi connectivity index (χ2v) is 1.89. The molecule has 0 saturated carbocycles. The molecule has 3 nitrogen and oxygen atoms in total. The molecule has 51 valence electrons. The monoisotopic (exact) mass is 135 g/mol. The Morgan fingerprint density at radius 1 is 1.80 bits per heavy atom. The number of carbonyl (C=O) groups is 1. The average Bonchev–Trinajstić information content (AvgIpc) is 1.88. The van der Waals surface area contributed by atoms with Gasteiger partial charge in [-0.1, -0.05) is 6.07 Å². The van der Waals surface area contributed by atoms with Gasteiger partial charge in [-0.15, -0.1) is 0 Å². The fourth-order valence-corrected chi connectivity index (χ4v) is 0.634. The fourth-order valence-electron chi connectivity index (χ4n) is 0.634. The van der Waals surface area contributed by atoms with E-state index >= 15 is 0 Å². The molecule has 0 aromatic carbocycles. The van der Waals surface area contributed by atoms with Gasteiger partial charge in [0.2, 0.25) is 5.91 Å². The molecule has 1 amide bonds. The van der Waals surface area contributed by atoms with Crippen LogP contribution in [0.25, 0.3) is 0 Å². The third-order valence-corrected chi connectivity index (χ3v) is 1.03. The number of carbonyl (C=O) groups excluding carboxylic acids is 1. The Labute approximate surface area is 58.9 Å². The zero-order chi connectivity index (χ0) is 7.40. The number of primary amides is 1. The lowest BCUT2D eigenvalue weighted by molar-refractivity contribution is -0.117. The van der Waals surface area contributed by atoms with E-state index < -0.39 is 0 Å². The van der Waals surface area contributed by atoms with E-state index in [4.69, 9.17) is 5.73 Å². The molecular weight excluding hydrogens is 128 g/mol. The molecule has 1 rings (SSSR count). The normalized spacial score (nSPS) is 9.20. The smallest absolute Gasteiger partial charge is 0.223 e. The lowest BCUT2D eigenvalue weighted by atomic mass is 10.3. The van der Waals surface area contributed by atoms with Crippen LogP contribution < -0.4 is 5.73 Å². The van der Waals surface area contributed by atoms with Gasteiger partial charge in [0.15, 0.2) is 0 Å². The highest BCUT2D eigenvalue weighted by atomic mass is 16.1. The average molecular weight is 135 g/mol. The molecule has 0 saturated heterocycles. The number of nitrogens with zero attached hydrogens (tertiary/aromatic N) is 1. The Morgan fingerprint density at radius 2 is 2.60 bits per heavy atom. The van der Waals surface area contributed by atoms with Crippen LogP contribution in [0.5, 0.6) is 0 Å². The number of pyridine rings is 1. The first kappa shape index (κ1) is 6.74. The molecule has 1 aromatic heterocycles. The summed E-state index contributed by atoms with van der Waals surface area (Å²) in [7, 11) is 0. The summed E-state index contributed by atoms with van der Waals surface area (Å²) < 4.78 is 0. The topological polar surface area (TPSA) is 56.0 Å². The van der Waals surface area contributed by atoms with E-state index in [-0.39, 0.29) is 12.3 Å². The number of hydrogen-bond donors (Lipinski definition) is 1. The van der Waals surface area contributed by atoms with Crippen LogP contribution in [-0.4, -0.2) is 10.9 Å². The number of nitrogens with two attached hydrogens (primary N) is 1. The van der Waals surface area contributed by atoms with Gasteiger partial charge in [-0.3, -0.25) is 9.78 Å². The molecule has 1 aromatic rings. The Balaban J connectivity index is 2.67. The van der Waals surface area contributed by atoms with Gasteiger partial charge in [0.25, 0.3) is 0 Å². The molecule has 0 atom stereocenters. The second-order valence-electron chi connectivity index (χ2n) is 1.89. The van der Waals surface area contributed by atoms with Crippen molar-refractivity contribution < 1.29 is 4.79 Å². The van der Waals surface area contributed by atoms with Crippen molar-refractivity contribution in [3.05, 3.63) is 30.1 Å². The van der Waals surface area contributed by atoms with Crippen molar-refractivity contribution >= 4 is 5.91 Å². The standard InChI is InChI=1S/C7H7N2O/c8-7(10)5-6-3-1-2-4-9-6/h1,3-4H,5H2,(H2,8,10). The summed E-state index contributed by atoms with van der Waals surface area (Å²) in [5, 5.41) is 0. The van der Waals surface area contributed by atoms with Crippen LogP contribution in [-0.2, 0) is 11.2 Å². The molecule has 10 heavy (non-hydrogen) atoms. The Kier molecular flexibility index (Phi) is 1.99. The van der Waals surface area contributed by atoms with Gasteiger partial charge in [0, 0.05) is 18.0 Å². The molecule has 2 N–H and O–H groups in total. The summed E-state index contributed by atoms with van der Waals surface area (Å²) in [4.78, 5) is 14.2. The first-order valence-electron chi connectivity index (χ1n) is 2.88. The Bertz CT molecular complexity index is 220. The molecule has 0 unspecified atom stereocenters. The summed E-state index contributed by atoms with van der Waals surface area (Å²) >= 11 is 0. The van der Waals surface area contributed by atoms with E-state index in [1.807, 2.05) is 0 Å². The highest BCUT2D eigenvalue weighted by molar-refractivity contribution is 5.75. The quantitative estimate of drug-likeness (QED) is 0.616. The van der Waals surface area contributed by atoms with E-state index in [0.717, 1.165) is 0 Å². The molecule has 0 aliphatic heterocycles. The second kappa shape index (κ2) is 2.96. The van der Waals surface area contributed by atoms with Crippen LogP contribution in [0, 0.1) is 6.07 Å². The van der Waals surface area contributed by atoms with Crippen molar-refractivity contribution in [1.29, 1.82) is 0 Å². The minimum atomic E-state index is -0.362. The maximum atomic E-state index is 10.3. The lowest BCUT2D eigenvalue weighted by Crippen LogP contribution is -2.14. The first-order chi connectivity index (χ1) is 4.79. The summed E-state index contributed by atoms with van der Waals surface area (Å²) in [5.74, 6) is -0.362. The van der Waals surface area contributed by atoms with E-state index in [2.05, 4.69) is 11.1 Å². The summed E-state index contributed by atoms with van der Waals surface area (Å²) in [6.07, 6.45) is 1.72. The first-order valence-corrected chi connectivity index (χ1v) is 2.88. The van der Waals surface area contributed by atoms with Crippen molar-refractivity contribution in [2.45, 2.75) is 6.42 Å². The molecular formula is C7H7N2O. The van der Waals surface area contributed by atoms with Crippen LogP contribution in [0.15, 0.2) is 18.3 Å². The highest BCUT2D eigenvalue weighted by Gasteiger charge is 1.96. The highest BCUT2D eigenvalue weighted by Crippen LogP contribution is 1.91. The van der Waals surface area contributed by atoms with E-state index in [9.17, 15) is 4.79 Å². The maximum Gasteiger partial charge on any atom is 0.223 e. The summed E-state index contributed by atoms with van der Waals surface area (Å²) in [6, 6.07) is 6.16. The minimum Gasteiger partial charge on any atom is -0.369 e. The zero-order valence-corrected chi connectivity index (χ0v) is 5.37. The maximum absolute atomic E-state index is 10.3. The van der Waals surface area contributed by atoms with Crippen molar-refractivity contribution in [2.75, 3.05) is 0 Å². The van der Waals surface area contributed by atoms with Gasteiger partial charge < -0.3 is 5.73 Å². The molecule has 1 radical (unpaired) electrons. The summed E-state index contributed by atoms with van der Waals surface area (Å²) in [5.41, 5.74) is 5.62. The van der Waals surface area contributed by atoms with Crippen molar-refractivity contribution in [1.82, 2.24) is 4.98 Å². The largest absolute Gasteiger partial charge is 0.369 e. The van der Waals surface area contributed by atoms with Crippen LogP contribution >= 0.6 is 0 Å². The van der Waals surface area contributed by atoms with Gasteiger partial charge in [-0.05, 0) is 6.07 Å². The van der Waals surface area contributed by atoms with Crippen molar-refractivity contribution in [3.8, 4) is 0 Å². The fraction of sp³-hybridized carbons (Fsp3) is 0.143. The molecule has 0 bridgehead atoms. The molecule has 0 aliphatic rings. The van der Waals surface area contributed by atoms with Gasteiger partial charge >= 0.3 is 0 Å². The third kappa shape index (κ3) is 1.85. The molecule has 0 fully saturated rings. The minimum absolute atomic E-state index is 0.203. The molecule has 1 heterocycles. The third-order valence-electron chi connectivity index (χ3n) is 1.03. The number of amides is 1. The van der Waals surface area contributed by atoms with Gasteiger partial charge in [0.1, 0.15) is 0 Å². The van der Waals surface area contributed by atoms with E-state index in [0.29, 0.717) is 5.69 Å². The Hall–Kier alpha value is -1.38. The zero-order valence-electron chi connectivity index (χ0n) is 5.37. The predicted molar refractivity (Wildman–Crippen MR) is 36.0 cm³/mol. The SMILES string of the molecule is NC(=O)Cc1cc[c]cn1. The van der Waals surface area contributed by atoms with E-state index in [1.165, 1.54) is 6.20 Å². The van der Waals surface area contributed by atoms with E-state index in [1.54, 1.807) is 12.1 Å². The molecule has 0 spiro atoms. The number of aromatic nitrogens is 1. The van der Waals surface area contributed by atoms with Crippen LogP contribution in [0.4, 0.5) is 0 Å². The van der Waals surface area contributed by atoms with Gasteiger partial charge in [-0.2, -0.15) is 0 Å². The Morgan fingerprint density at radius 3 is 3.10 bits per heavy atom. The molecule has 3 heteroatoms. The van der Waals surface area contributed by atoms with Crippen molar-refractivity contribution in [2.24, 2.45) is 5.73 Å². The summed E-state index contributed by atoms with van der Waals surface area (Å²) in [6.45, 7) is 0. The number of rotatable bonds is 2.